The Kier molecular flexibility index (Phi) is 2.71. The summed E-state index contributed by atoms with van der Waals surface area (Å²) in [6.07, 6.45) is 0. The summed E-state index contributed by atoms with van der Waals surface area (Å²) in [6.45, 7) is 2.33. The number of amides is 1. The highest BCUT2D eigenvalue weighted by atomic mass is 16.6. The molecule has 0 N–H and O–H groups in total. The van der Waals surface area contributed by atoms with Gasteiger partial charge in [-0.05, 0) is 11.6 Å². The number of methoxy groups -OCH3 is 1. The van der Waals surface area contributed by atoms with Crippen molar-refractivity contribution in [3.05, 3.63) is 33.4 Å². The Bertz CT molecular complexity index is 498. The van der Waals surface area contributed by atoms with Crippen molar-refractivity contribution in [2.24, 2.45) is 0 Å². The van der Waals surface area contributed by atoms with E-state index in [0.29, 0.717) is 13.1 Å². The van der Waals surface area contributed by atoms with Crippen molar-refractivity contribution in [1.82, 2.24) is 4.90 Å². The maximum Gasteiger partial charge on any atom is 0.311 e. The predicted octanol–water partition coefficient (Wildman–Crippen LogP) is 1.47. The van der Waals surface area contributed by atoms with Gasteiger partial charge in [-0.1, -0.05) is 0 Å². The average Bonchev–Trinajstić information content (AvgIpc) is 2.70. The second kappa shape index (κ2) is 4.04. The lowest BCUT2D eigenvalue weighted by Gasteiger charge is -2.11. The van der Waals surface area contributed by atoms with Crippen LogP contribution in [0.3, 0.4) is 0 Å². The third-order valence-electron chi connectivity index (χ3n) is 2.89. The fraction of sp³-hybridized carbons (Fsp3) is 0.364. The summed E-state index contributed by atoms with van der Waals surface area (Å²) < 4.78 is 5.10. The zero-order valence-electron chi connectivity index (χ0n) is 9.60. The first kappa shape index (κ1) is 11.4. The van der Waals surface area contributed by atoms with E-state index in [2.05, 4.69) is 0 Å². The highest BCUT2D eigenvalue weighted by Crippen LogP contribution is 2.37. The van der Waals surface area contributed by atoms with Crippen LogP contribution in [0.15, 0.2) is 12.1 Å². The summed E-state index contributed by atoms with van der Waals surface area (Å²) >= 11 is 0. The molecule has 0 bridgehead atoms. The number of fused-ring (bicyclic) bond motifs is 1. The normalized spacial score (nSPS) is 13.4. The Morgan fingerprint density at radius 1 is 1.47 bits per heavy atom. The van der Waals surface area contributed by atoms with E-state index < -0.39 is 4.92 Å². The molecule has 0 radical (unpaired) electrons. The van der Waals surface area contributed by atoms with Gasteiger partial charge in [-0.25, -0.2) is 0 Å². The number of nitro groups is 1. The van der Waals surface area contributed by atoms with E-state index in [1.165, 1.54) is 20.1 Å². The molecule has 0 unspecified atom stereocenters. The van der Waals surface area contributed by atoms with Crippen LogP contribution in [0.1, 0.15) is 18.1 Å². The molecule has 6 heteroatoms. The van der Waals surface area contributed by atoms with Crippen LogP contribution in [0.2, 0.25) is 0 Å². The Labute approximate surface area is 97.9 Å². The van der Waals surface area contributed by atoms with Crippen LogP contribution in [0.25, 0.3) is 0 Å². The number of benzene rings is 1. The molecule has 1 aliphatic heterocycles. The lowest BCUT2D eigenvalue weighted by Crippen LogP contribution is -2.21. The molecule has 1 aliphatic rings. The van der Waals surface area contributed by atoms with Gasteiger partial charge >= 0.3 is 5.69 Å². The number of carbonyl (C=O) groups excluding carboxylic acids is 1. The smallest absolute Gasteiger partial charge is 0.311 e. The molecular weight excluding hydrogens is 224 g/mol. The third kappa shape index (κ3) is 1.82. The van der Waals surface area contributed by atoms with Gasteiger partial charge in [0.05, 0.1) is 18.6 Å². The molecule has 1 heterocycles. The molecule has 17 heavy (non-hydrogen) atoms. The van der Waals surface area contributed by atoms with Crippen LogP contribution in [0.4, 0.5) is 5.69 Å². The van der Waals surface area contributed by atoms with Crippen molar-refractivity contribution < 1.29 is 14.5 Å². The molecule has 6 nitrogen and oxygen atoms in total. The molecule has 2 rings (SSSR count). The number of nitro benzene ring substituents is 1. The summed E-state index contributed by atoms with van der Waals surface area (Å²) in [5.74, 6) is 0.210. The highest BCUT2D eigenvalue weighted by Gasteiger charge is 2.29. The highest BCUT2D eigenvalue weighted by molar-refractivity contribution is 5.75. The minimum Gasteiger partial charge on any atom is -0.490 e. The van der Waals surface area contributed by atoms with E-state index in [4.69, 9.17) is 4.74 Å². The molecule has 0 atom stereocenters. The molecular formula is C11H12N2O4. The summed E-state index contributed by atoms with van der Waals surface area (Å²) in [4.78, 5) is 23.3. The van der Waals surface area contributed by atoms with Gasteiger partial charge in [-0.2, -0.15) is 0 Å². The summed E-state index contributed by atoms with van der Waals surface area (Å²) in [6, 6.07) is 3.10. The molecule has 0 fully saturated rings. The quantitative estimate of drug-likeness (QED) is 0.575. The summed E-state index contributed by atoms with van der Waals surface area (Å²) in [7, 11) is 1.40. The molecule has 1 aromatic carbocycles. The van der Waals surface area contributed by atoms with Crippen molar-refractivity contribution in [2.75, 3.05) is 7.11 Å². The van der Waals surface area contributed by atoms with E-state index in [0.717, 1.165) is 11.1 Å². The van der Waals surface area contributed by atoms with Crippen molar-refractivity contribution >= 4 is 11.6 Å². The van der Waals surface area contributed by atoms with Crippen molar-refractivity contribution in [3.63, 3.8) is 0 Å². The maximum atomic E-state index is 11.3. The summed E-state index contributed by atoms with van der Waals surface area (Å²) in [5, 5.41) is 10.8. The van der Waals surface area contributed by atoms with Gasteiger partial charge in [0, 0.05) is 25.1 Å². The number of hydrogen-bond acceptors (Lipinski definition) is 4. The first-order chi connectivity index (χ1) is 8.04. The topological polar surface area (TPSA) is 72.7 Å². The molecule has 0 spiro atoms. The lowest BCUT2D eigenvalue weighted by molar-refractivity contribution is -0.385. The second-order valence-corrected chi connectivity index (χ2v) is 3.89. The number of carbonyl (C=O) groups is 1. The fourth-order valence-electron chi connectivity index (χ4n) is 2.02. The molecule has 0 saturated heterocycles. The first-order valence-electron chi connectivity index (χ1n) is 5.13. The number of rotatable bonds is 2. The van der Waals surface area contributed by atoms with Crippen molar-refractivity contribution in [3.8, 4) is 5.75 Å². The Morgan fingerprint density at radius 3 is 2.71 bits per heavy atom. The van der Waals surface area contributed by atoms with Crippen LogP contribution >= 0.6 is 0 Å². The molecule has 0 aromatic heterocycles. The minimum absolute atomic E-state index is 0.0501. The second-order valence-electron chi connectivity index (χ2n) is 3.89. The van der Waals surface area contributed by atoms with Crippen LogP contribution in [-0.4, -0.2) is 22.8 Å². The van der Waals surface area contributed by atoms with Gasteiger partial charge in [0.2, 0.25) is 11.7 Å². The lowest BCUT2D eigenvalue weighted by atomic mass is 10.1. The Hall–Kier alpha value is -2.11. The van der Waals surface area contributed by atoms with Crippen molar-refractivity contribution in [1.29, 1.82) is 0 Å². The zero-order chi connectivity index (χ0) is 12.6. The van der Waals surface area contributed by atoms with E-state index in [1.807, 2.05) is 0 Å². The first-order valence-corrected chi connectivity index (χ1v) is 5.13. The van der Waals surface area contributed by atoms with Gasteiger partial charge in [-0.15, -0.1) is 0 Å². The molecule has 1 amide bonds. The van der Waals surface area contributed by atoms with E-state index in [1.54, 1.807) is 11.0 Å². The van der Waals surface area contributed by atoms with Gasteiger partial charge < -0.3 is 9.64 Å². The van der Waals surface area contributed by atoms with Gasteiger partial charge in [0.25, 0.3) is 0 Å². The van der Waals surface area contributed by atoms with E-state index in [-0.39, 0.29) is 17.3 Å². The van der Waals surface area contributed by atoms with Crippen molar-refractivity contribution in [2.45, 2.75) is 20.0 Å². The van der Waals surface area contributed by atoms with E-state index in [9.17, 15) is 14.9 Å². The Balaban J connectivity index is 2.48. The number of hydrogen-bond donors (Lipinski definition) is 0. The summed E-state index contributed by atoms with van der Waals surface area (Å²) in [5.41, 5.74) is 1.58. The average molecular weight is 236 g/mol. The molecule has 0 aliphatic carbocycles. The molecule has 0 saturated carbocycles. The minimum atomic E-state index is -0.477. The standard InChI is InChI=1S/C11H12N2O4/c1-7(14)12-5-8-3-4-10(13(15)16)11(17-2)9(8)6-12/h3-4H,5-6H2,1-2H3. The van der Waals surface area contributed by atoms with E-state index >= 15 is 0 Å². The third-order valence-corrected chi connectivity index (χ3v) is 2.89. The number of nitrogens with zero attached hydrogens (tertiary/aromatic N) is 2. The Morgan fingerprint density at radius 2 is 2.18 bits per heavy atom. The van der Waals surface area contributed by atoms with Gasteiger partial charge in [-0.3, -0.25) is 14.9 Å². The van der Waals surface area contributed by atoms with Gasteiger partial charge in [0.15, 0.2) is 0 Å². The van der Waals surface area contributed by atoms with Crippen LogP contribution in [0.5, 0.6) is 5.75 Å². The monoisotopic (exact) mass is 236 g/mol. The van der Waals surface area contributed by atoms with Crippen LogP contribution in [0, 0.1) is 10.1 Å². The van der Waals surface area contributed by atoms with Crippen LogP contribution in [-0.2, 0) is 17.9 Å². The fourth-order valence-corrected chi connectivity index (χ4v) is 2.02. The molecule has 90 valence electrons. The predicted molar refractivity (Wildman–Crippen MR) is 59.6 cm³/mol. The maximum absolute atomic E-state index is 11.3. The largest absolute Gasteiger partial charge is 0.490 e. The number of ether oxygens (including phenoxy) is 1. The zero-order valence-corrected chi connectivity index (χ0v) is 9.60. The van der Waals surface area contributed by atoms with Crippen LogP contribution < -0.4 is 4.74 Å². The SMILES string of the molecule is COc1c([N+](=O)[O-])ccc2c1CN(C(C)=O)C2. The van der Waals surface area contributed by atoms with Gasteiger partial charge in [0.1, 0.15) is 0 Å². The molecule has 1 aromatic rings.